The van der Waals surface area contributed by atoms with E-state index in [1.165, 1.54) is 0 Å². The predicted octanol–water partition coefficient (Wildman–Crippen LogP) is 4.04. The van der Waals surface area contributed by atoms with Gasteiger partial charge in [0.25, 0.3) is 11.8 Å². The summed E-state index contributed by atoms with van der Waals surface area (Å²) in [6.45, 7) is 5.74. The molecular weight excluding hydrogens is 400 g/mol. The van der Waals surface area contributed by atoms with Crippen molar-refractivity contribution in [2.24, 2.45) is 18.1 Å². The van der Waals surface area contributed by atoms with Crippen LogP contribution < -0.4 is 10.7 Å². The molecule has 0 aliphatic heterocycles. The number of nitrogens with zero attached hydrogens (tertiary/aromatic N) is 2. The number of aryl methyl sites for hydroxylation is 1. The molecule has 1 unspecified atom stereocenters. The summed E-state index contributed by atoms with van der Waals surface area (Å²) in [5.74, 6) is -0.827. The number of benzene rings is 2. The third-order valence-electron chi connectivity index (χ3n) is 5.16. The highest BCUT2D eigenvalue weighted by Gasteiger charge is 2.24. The molecule has 0 aliphatic rings. The van der Waals surface area contributed by atoms with Gasteiger partial charge in [0.1, 0.15) is 6.04 Å². The van der Waals surface area contributed by atoms with Gasteiger partial charge in [0.05, 0.1) is 6.21 Å². The molecular formula is C23H25ClN4O2. The summed E-state index contributed by atoms with van der Waals surface area (Å²) in [4.78, 5) is 25.2. The molecule has 30 heavy (non-hydrogen) atoms. The first kappa shape index (κ1) is 21.6. The van der Waals surface area contributed by atoms with E-state index in [2.05, 4.69) is 20.4 Å². The second-order valence-corrected chi connectivity index (χ2v) is 7.95. The van der Waals surface area contributed by atoms with Crippen molar-refractivity contribution in [1.29, 1.82) is 0 Å². The smallest absolute Gasteiger partial charge is 0.262 e. The number of aromatic nitrogens is 1. The summed E-state index contributed by atoms with van der Waals surface area (Å²) in [7, 11) is 1.99. The van der Waals surface area contributed by atoms with Gasteiger partial charge in [0.2, 0.25) is 0 Å². The first-order chi connectivity index (χ1) is 14.3. The lowest BCUT2D eigenvalue weighted by Gasteiger charge is -2.20. The highest BCUT2D eigenvalue weighted by molar-refractivity contribution is 6.30. The van der Waals surface area contributed by atoms with Crippen molar-refractivity contribution >= 4 is 40.5 Å². The molecule has 0 saturated carbocycles. The quantitative estimate of drug-likeness (QED) is 0.462. The Labute approximate surface area is 180 Å². The van der Waals surface area contributed by atoms with Gasteiger partial charge < -0.3 is 9.88 Å². The van der Waals surface area contributed by atoms with E-state index in [9.17, 15) is 9.59 Å². The van der Waals surface area contributed by atoms with Gasteiger partial charge in [-0.1, -0.05) is 43.6 Å². The lowest BCUT2D eigenvalue weighted by atomic mass is 10.0. The fourth-order valence-electron chi connectivity index (χ4n) is 3.30. The maximum atomic E-state index is 12.7. The zero-order valence-corrected chi connectivity index (χ0v) is 18.2. The maximum absolute atomic E-state index is 12.7. The Bertz CT molecular complexity index is 1100. The zero-order valence-electron chi connectivity index (χ0n) is 17.4. The Morgan fingerprint density at radius 2 is 1.77 bits per heavy atom. The van der Waals surface area contributed by atoms with E-state index in [-0.39, 0.29) is 17.7 Å². The van der Waals surface area contributed by atoms with Gasteiger partial charge in [0.15, 0.2) is 0 Å². The van der Waals surface area contributed by atoms with Crippen LogP contribution >= 0.6 is 11.6 Å². The van der Waals surface area contributed by atoms with Crippen molar-refractivity contribution in [2.45, 2.75) is 26.8 Å². The Morgan fingerprint density at radius 1 is 1.10 bits per heavy atom. The number of hydrogen-bond acceptors (Lipinski definition) is 3. The van der Waals surface area contributed by atoms with E-state index >= 15 is 0 Å². The van der Waals surface area contributed by atoms with E-state index in [1.807, 2.05) is 52.1 Å². The van der Waals surface area contributed by atoms with Gasteiger partial charge in [-0.25, -0.2) is 5.43 Å². The summed E-state index contributed by atoms with van der Waals surface area (Å²) >= 11 is 5.87. The summed E-state index contributed by atoms with van der Waals surface area (Å²) in [5, 5.41) is 8.53. The molecule has 2 amide bonds. The first-order valence-corrected chi connectivity index (χ1v) is 10.1. The Balaban J connectivity index is 1.72. The largest absolute Gasteiger partial charge is 0.347 e. The van der Waals surface area contributed by atoms with Crippen LogP contribution in [-0.4, -0.2) is 28.6 Å². The molecule has 1 heterocycles. The molecule has 7 heteroatoms. The van der Waals surface area contributed by atoms with Crippen molar-refractivity contribution in [1.82, 2.24) is 15.3 Å². The number of fused-ring (bicyclic) bond motifs is 1. The lowest BCUT2D eigenvalue weighted by Crippen LogP contribution is -2.48. The van der Waals surface area contributed by atoms with Gasteiger partial charge in [-0.2, -0.15) is 5.10 Å². The molecule has 6 nitrogen and oxygen atoms in total. The van der Waals surface area contributed by atoms with Gasteiger partial charge in [-0.15, -0.1) is 0 Å². The molecule has 3 aromatic rings. The van der Waals surface area contributed by atoms with Crippen LogP contribution in [-0.2, 0) is 11.8 Å². The SMILES string of the molecule is Cc1c(C=NNC(=O)C(NC(=O)c2ccc(Cl)cc2)C(C)C)c2ccccc2n1C. The molecule has 3 rings (SSSR count). The minimum absolute atomic E-state index is 0.115. The number of carbonyl (C=O) groups excluding carboxylic acids is 2. The van der Waals surface area contributed by atoms with E-state index in [0.29, 0.717) is 10.6 Å². The molecule has 0 bridgehead atoms. The minimum atomic E-state index is -0.723. The van der Waals surface area contributed by atoms with Gasteiger partial charge in [0, 0.05) is 39.8 Å². The summed E-state index contributed by atoms with van der Waals surface area (Å²) in [5.41, 5.74) is 6.09. The average molecular weight is 425 g/mol. The molecule has 2 N–H and O–H groups in total. The molecule has 1 aromatic heterocycles. The topological polar surface area (TPSA) is 75.5 Å². The number of hydrazone groups is 1. The van der Waals surface area contributed by atoms with Crippen molar-refractivity contribution in [3.63, 3.8) is 0 Å². The van der Waals surface area contributed by atoms with Crippen LogP contribution in [0, 0.1) is 12.8 Å². The normalized spacial score (nSPS) is 12.5. The molecule has 0 fully saturated rings. The van der Waals surface area contributed by atoms with Crippen molar-refractivity contribution in [3.8, 4) is 0 Å². The van der Waals surface area contributed by atoms with Gasteiger partial charge in [-0.05, 0) is 43.2 Å². The molecule has 0 spiro atoms. The van der Waals surface area contributed by atoms with Crippen LogP contribution in [0.1, 0.15) is 35.5 Å². The van der Waals surface area contributed by atoms with Crippen molar-refractivity contribution in [2.75, 3.05) is 0 Å². The van der Waals surface area contributed by atoms with Gasteiger partial charge in [-0.3, -0.25) is 9.59 Å². The van der Waals surface area contributed by atoms with E-state index in [1.54, 1.807) is 30.5 Å². The zero-order chi connectivity index (χ0) is 21.8. The number of halogens is 1. The van der Waals surface area contributed by atoms with Crippen LogP contribution in [0.25, 0.3) is 10.9 Å². The first-order valence-electron chi connectivity index (χ1n) is 9.73. The van der Waals surface area contributed by atoms with Gasteiger partial charge >= 0.3 is 0 Å². The second kappa shape index (κ2) is 9.13. The Kier molecular flexibility index (Phi) is 6.57. The van der Waals surface area contributed by atoms with Crippen molar-refractivity contribution < 1.29 is 9.59 Å². The molecule has 0 saturated heterocycles. The van der Waals surface area contributed by atoms with Crippen LogP contribution in [0.15, 0.2) is 53.6 Å². The molecule has 156 valence electrons. The fraction of sp³-hybridized carbons (Fsp3) is 0.261. The van der Waals surface area contributed by atoms with Crippen LogP contribution in [0.3, 0.4) is 0 Å². The molecule has 0 radical (unpaired) electrons. The molecule has 0 aliphatic carbocycles. The number of carbonyl (C=O) groups is 2. The highest BCUT2D eigenvalue weighted by atomic mass is 35.5. The molecule has 1 atom stereocenters. The summed E-state index contributed by atoms with van der Waals surface area (Å²) < 4.78 is 2.09. The standard InChI is InChI=1S/C23H25ClN4O2/c1-14(2)21(26-22(29)16-9-11-17(24)12-10-16)23(30)27-25-13-19-15(3)28(4)20-8-6-5-7-18(19)20/h5-14,21H,1-4H3,(H,26,29)(H,27,30). The maximum Gasteiger partial charge on any atom is 0.262 e. The number of nitrogens with one attached hydrogen (secondary N) is 2. The third-order valence-corrected chi connectivity index (χ3v) is 5.41. The number of rotatable bonds is 6. The Hall–Kier alpha value is -3.12. The Morgan fingerprint density at radius 3 is 2.43 bits per heavy atom. The van der Waals surface area contributed by atoms with Crippen molar-refractivity contribution in [3.05, 3.63) is 70.4 Å². The third kappa shape index (κ3) is 4.54. The minimum Gasteiger partial charge on any atom is -0.347 e. The monoisotopic (exact) mass is 424 g/mol. The fourth-order valence-corrected chi connectivity index (χ4v) is 3.43. The number of para-hydroxylation sites is 1. The average Bonchev–Trinajstić information content (AvgIpc) is 2.97. The predicted molar refractivity (Wildman–Crippen MR) is 121 cm³/mol. The van der Waals surface area contributed by atoms with E-state index in [4.69, 9.17) is 11.6 Å². The molecule has 2 aromatic carbocycles. The summed E-state index contributed by atoms with van der Waals surface area (Å²) in [6.07, 6.45) is 1.65. The van der Waals surface area contributed by atoms with Crippen LogP contribution in [0.2, 0.25) is 5.02 Å². The van der Waals surface area contributed by atoms with E-state index < -0.39 is 6.04 Å². The number of amides is 2. The van der Waals surface area contributed by atoms with Crippen LogP contribution in [0.5, 0.6) is 0 Å². The second-order valence-electron chi connectivity index (χ2n) is 7.51. The van der Waals surface area contributed by atoms with E-state index in [0.717, 1.165) is 22.2 Å². The van der Waals surface area contributed by atoms with Crippen LogP contribution in [0.4, 0.5) is 0 Å². The lowest BCUT2D eigenvalue weighted by molar-refractivity contribution is -0.123. The highest BCUT2D eigenvalue weighted by Crippen LogP contribution is 2.23. The number of hydrogen-bond donors (Lipinski definition) is 2. The summed E-state index contributed by atoms with van der Waals surface area (Å²) in [6, 6.07) is 13.8.